The highest BCUT2D eigenvalue weighted by Gasteiger charge is 2.37. The van der Waals surface area contributed by atoms with Gasteiger partial charge in [0.2, 0.25) is 0 Å². The van der Waals surface area contributed by atoms with Gasteiger partial charge in [0.25, 0.3) is 5.91 Å². The second-order valence-corrected chi connectivity index (χ2v) is 7.30. The maximum atomic E-state index is 13.4. The highest BCUT2D eigenvalue weighted by Crippen LogP contribution is 2.34. The fourth-order valence-corrected chi connectivity index (χ4v) is 4.06. The number of aromatic amines is 1. The van der Waals surface area contributed by atoms with Gasteiger partial charge < -0.3 is 9.88 Å². The molecule has 0 aliphatic carbocycles. The minimum atomic E-state index is -0.336. The quantitative estimate of drug-likeness (QED) is 0.582. The van der Waals surface area contributed by atoms with Gasteiger partial charge in [0.05, 0.1) is 28.9 Å². The molecule has 0 unspecified atom stereocenters. The van der Waals surface area contributed by atoms with Crippen molar-refractivity contribution in [1.29, 1.82) is 0 Å². The summed E-state index contributed by atoms with van der Waals surface area (Å²) < 4.78 is 3.51. The molecule has 0 saturated carbocycles. The standard InChI is InChI=1S/C20H21N7O/c1-12-5-4-7-27-16(12)10-15(24-27)19-18-14(21-11-22-18)6-8-26(19)20(28)17-9-13(2)23-25(17)3/h4-5,7,9-11,19H,6,8H2,1-3H3,(H,21,22)/t19-/m1/s1. The molecule has 1 amide bonds. The van der Waals surface area contributed by atoms with Crippen molar-refractivity contribution in [3.05, 3.63) is 70.8 Å². The molecular weight excluding hydrogens is 354 g/mol. The molecule has 0 saturated heterocycles. The normalized spacial score (nSPS) is 16.5. The summed E-state index contributed by atoms with van der Waals surface area (Å²) in [4.78, 5) is 23.0. The Hall–Kier alpha value is -3.42. The molecule has 1 N–H and O–H groups in total. The second-order valence-electron chi connectivity index (χ2n) is 7.30. The molecule has 5 heterocycles. The van der Waals surface area contributed by atoms with Crippen molar-refractivity contribution in [3.63, 3.8) is 0 Å². The molecule has 0 spiro atoms. The van der Waals surface area contributed by atoms with E-state index in [-0.39, 0.29) is 11.9 Å². The number of amides is 1. The summed E-state index contributed by atoms with van der Waals surface area (Å²) in [6, 6.07) is 7.58. The van der Waals surface area contributed by atoms with E-state index in [0.717, 1.165) is 40.3 Å². The van der Waals surface area contributed by atoms with Crippen LogP contribution in [0.3, 0.4) is 0 Å². The third-order valence-electron chi connectivity index (χ3n) is 5.42. The Morgan fingerprint density at radius 1 is 1.25 bits per heavy atom. The number of carbonyl (C=O) groups is 1. The molecule has 1 aliphatic rings. The average Bonchev–Trinajstić information content (AvgIpc) is 3.38. The number of aromatic nitrogens is 6. The van der Waals surface area contributed by atoms with E-state index in [1.165, 1.54) is 0 Å². The number of pyridine rings is 1. The van der Waals surface area contributed by atoms with Crippen molar-refractivity contribution in [2.24, 2.45) is 7.05 Å². The number of nitrogens with zero attached hydrogens (tertiary/aromatic N) is 6. The summed E-state index contributed by atoms with van der Waals surface area (Å²) in [7, 11) is 1.80. The van der Waals surface area contributed by atoms with Crippen molar-refractivity contribution in [2.45, 2.75) is 26.3 Å². The lowest BCUT2D eigenvalue weighted by atomic mass is 9.99. The monoisotopic (exact) mass is 375 g/mol. The Morgan fingerprint density at radius 3 is 2.86 bits per heavy atom. The molecule has 1 atom stereocenters. The van der Waals surface area contributed by atoms with Gasteiger partial charge in [-0.3, -0.25) is 9.48 Å². The molecule has 0 radical (unpaired) electrons. The Morgan fingerprint density at radius 2 is 2.11 bits per heavy atom. The lowest BCUT2D eigenvalue weighted by Gasteiger charge is -2.33. The van der Waals surface area contributed by atoms with Gasteiger partial charge in [0.15, 0.2) is 0 Å². The smallest absolute Gasteiger partial charge is 0.273 e. The zero-order valence-electron chi connectivity index (χ0n) is 16.0. The number of fused-ring (bicyclic) bond motifs is 2. The van der Waals surface area contributed by atoms with Crippen molar-refractivity contribution < 1.29 is 4.79 Å². The van der Waals surface area contributed by atoms with E-state index in [0.29, 0.717) is 12.2 Å². The van der Waals surface area contributed by atoms with Crippen LogP contribution in [-0.4, -0.2) is 46.7 Å². The molecular formula is C20H21N7O. The van der Waals surface area contributed by atoms with Gasteiger partial charge in [-0.05, 0) is 37.6 Å². The van der Waals surface area contributed by atoms with E-state index in [1.807, 2.05) is 34.7 Å². The summed E-state index contributed by atoms with van der Waals surface area (Å²) in [6.45, 7) is 4.54. The van der Waals surface area contributed by atoms with Crippen molar-refractivity contribution >= 4 is 11.4 Å². The van der Waals surface area contributed by atoms with E-state index in [1.54, 1.807) is 18.1 Å². The number of nitrogens with one attached hydrogen (secondary N) is 1. The van der Waals surface area contributed by atoms with Crippen molar-refractivity contribution in [1.82, 2.24) is 34.3 Å². The van der Waals surface area contributed by atoms with Gasteiger partial charge in [-0.15, -0.1) is 0 Å². The van der Waals surface area contributed by atoms with Crippen LogP contribution in [0.25, 0.3) is 5.52 Å². The van der Waals surface area contributed by atoms with Gasteiger partial charge in [-0.25, -0.2) is 9.50 Å². The van der Waals surface area contributed by atoms with Crippen molar-refractivity contribution in [2.75, 3.05) is 6.54 Å². The predicted octanol–water partition coefficient (Wildman–Crippen LogP) is 2.20. The van der Waals surface area contributed by atoms with Gasteiger partial charge in [-0.1, -0.05) is 6.07 Å². The molecule has 0 aromatic carbocycles. The predicted molar refractivity (Wildman–Crippen MR) is 103 cm³/mol. The molecule has 28 heavy (non-hydrogen) atoms. The maximum absolute atomic E-state index is 13.4. The number of H-pyrrole nitrogens is 1. The zero-order valence-corrected chi connectivity index (χ0v) is 16.0. The zero-order chi connectivity index (χ0) is 19.4. The summed E-state index contributed by atoms with van der Waals surface area (Å²) in [5, 5.41) is 9.11. The highest BCUT2D eigenvalue weighted by molar-refractivity contribution is 5.93. The molecule has 4 aromatic heterocycles. The van der Waals surface area contributed by atoms with E-state index in [2.05, 4.69) is 34.1 Å². The summed E-state index contributed by atoms with van der Waals surface area (Å²) in [6.07, 6.45) is 4.36. The number of imidazole rings is 1. The topological polar surface area (TPSA) is 84.1 Å². The number of hydrogen-bond acceptors (Lipinski definition) is 4. The molecule has 142 valence electrons. The van der Waals surface area contributed by atoms with Gasteiger partial charge >= 0.3 is 0 Å². The van der Waals surface area contributed by atoms with Gasteiger partial charge in [0.1, 0.15) is 11.7 Å². The molecule has 4 aromatic rings. The minimum Gasteiger partial charge on any atom is -0.348 e. The van der Waals surface area contributed by atoms with Crippen LogP contribution in [0.2, 0.25) is 0 Å². The first-order valence-electron chi connectivity index (χ1n) is 9.31. The SMILES string of the molecule is Cc1cc(C(=O)N2CCc3[nH]cnc3[C@H]2c2cc3c(C)cccn3n2)n(C)n1. The number of rotatable bonds is 2. The first kappa shape index (κ1) is 16.7. The Labute approximate surface area is 161 Å². The van der Waals surface area contributed by atoms with Gasteiger partial charge in [-0.2, -0.15) is 10.2 Å². The Kier molecular flexibility index (Phi) is 3.61. The Bertz CT molecular complexity index is 1200. The fraction of sp³-hybridized carbons (Fsp3) is 0.300. The molecule has 0 bridgehead atoms. The minimum absolute atomic E-state index is 0.0597. The van der Waals surface area contributed by atoms with E-state index >= 15 is 0 Å². The summed E-state index contributed by atoms with van der Waals surface area (Å²) >= 11 is 0. The molecule has 5 rings (SSSR count). The van der Waals surface area contributed by atoms with Crippen LogP contribution in [0.4, 0.5) is 0 Å². The lowest BCUT2D eigenvalue weighted by Crippen LogP contribution is -2.41. The maximum Gasteiger partial charge on any atom is 0.273 e. The molecule has 1 aliphatic heterocycles. The first-order chi connectivity index (χ1) is 13.5. The van der Waals surface area contributed by atoms with Crippen LogP contribution < -0.4 is 0 Å². The number of aryl methyl sites for hydroxylation is 3. The van der Waals surface area contributed by atoms with Crippen LogP contribution in [-0.2, 0) is 13.5 Å². The van der Waals surface area contributed by atoms with Crippen LogP contribution in [0.5, 0.6) is 0 Å². The van der Waals surface area contributed by atoms with Crippen LogP contribution in [0.1, 0.15) is 44.9 Å². The third-order valence-corrected chi connectivity index (χ3v) is 5.42. The summed E-state index contributed by atoms with van der Waals surface area (Å²) in [5.74, 6) is -0.0597. The third kappa shape index (κ3) is 2.45. The summed E-state index contributed by atoms with van der Waals surface area (Å²) in [5.41, 5.74) is 6.30. The van der Waals surface area contributed by atoms with E-state index in [4.69, 9.17) is 5.10 Å². The number of carbonyl (C=O) groups excluding carboxylic acids is 1. The number of hydrogen-bond donors (Lipinski definition) is 1. The van der Waals surface area contributed by atoms with E-state index < -0.39 is 0 Å². The van der Waals surface area contributed by atoms with E-state index in [9.17, 15) is 4.79 Å². The lowest BCUT2D eigenvalue weighted by molar-refractivity contribution is 0.0675. The molecule has 0 fully saturated rings. The fourth-order valence-electron chi connectivity index (χ4n) is 4.06. The largest absolute Gasteiger partial charge is 0.348 e. The molecule has 8 heteroatoms. The molecule has 8 nitrogen and oxygen atoms in total. The van der Waals surface area contributed by atoms with Crippen LogP contribution in [0.15, 0.2) is 36.8 Å². The second kappa shape index (κ2) is 6.05. The highest BCUT2D eigenvalue weighted by atomic mass is 16.2. The van der Waals surface area contributed by atoms with Crippen LogP contribution in [0, 0.1) is 13.8 Å². The van der Waals surface area contributed by atoms with Gasteiger partial charge in [0, 0.05) is 31.9 Å². The van der Waals surface area contributed by atoms with Crippen LogP contribution >= 0.6 is 0 Å². The Balaban J connectivity index is 1.65. The average molecular weight is 375 g/mol. The first-order valence-corrected chi connectivity index (χ1v) is 9.31. The van der Waals surface area contributed by atoms with Crippen molar-refractivity contribution in [3.8, 4) is 0 Å².